The maximum Gasteiger partial charge on any atom is 0.252 e. The van der Waals surface area contributed by atoms with Gasteiger partial charge in [-0.15, -0.1) is 0 Å². The van der Waals surface area contributed by atoms with Crippen LogP contribution in [0.3, 0.4) is 0 Å². The van der Waals surface area contributed by atoms with Crippen molar-refractivity contribution in [2.75, 3.05) is 31.5 Å². The number of halogens is 1. The molecule has 1 heterocycles. The van der Waals surface area contributed by atoms with E-state index in [9.17, 15) is 4.79 Å². The highest BCUT2D eigenvalue weighted by atomic mass is 79.9. The number of benzene rings is 1. The van der Waals surface area contributed by atoms with Gasteiger partial charge in [0.25, 0.3) is 5.91 Å². The van der Waals surface area contributed by atoms with Crippen molar-refractivity contribution in [1.82, 2.24) is 10.2 Å². The monoisotopic (exact) mass is 297 g/mol. The summed E-state index contributed by atoms with van der Waals surface area (Å²) in [6, 6.07) is 9.51. The van der Waals surface area contributed by atoms with E-state index >= 15 is 0 Å². The molecular weight excluding hydrogens is 282 g/mol. The molecule has 92 valence electrons. The molecule has 2 N–H and O–H groups in total. The second kappa shape index (κ2) is 6.14. The molecule has 0 bridgehead atoms. The van der Waals surface area contributed by atoms with Gasteiger partial charge in [-0.25, -0.2) is 0 Å². The maximum atomic E-state index is 12.0. The molecule has 1 atom stereocenters. The molecule has 0 aromatic heterocycles. The minimum absolute atomic E-state index is 0.0156. The molecule has 1 aliphatic rings. The summed E-state index contributed by atoms with van der Waals surface area (Å²) in [7, 11) is 0. The number of anilines is 1. The highest BCUT2D eigenvalue weighted by Crippen LogP contribution is 2.12. The molecule has 2 rings (SSSR count). The van der Waals surface area contributed by atoms with Crippen molar-refractivity contribution >= 4 is 27.5 Å². The van der Waals surface area contributed by atoms with E-state index in [4.69, 9.17) is 0 Å². The highest BCUT2D eigenvalue weighted by molar-refractivity contribution is 9.09. The molecule has 1 aliphatic heterocycles. The maximum absolute atomic E-state index is 12.0. The summed E-state index contributed by atoms with van der Waals surface area (Å²) >= 11 is 3.45. The van der Waals surface area contributed by atoms with Gasteiger partial charge in [-0.3, -0.25) is 9.69 Å². The van der Waals surface area contributed by atoms with Gasteiger partial charge in [0.15, 0.2) is 0 Å². The molecule has 1 fully saturated rings. The summed E-state index contributed by atoms with van der Waals surface area (Å²) < 4.78 is 0. The van der Waals surface area contributed by atoms with Crippen LogP contribution in [-0.4, -0.2) is 41.9 Å². The topological polar surface area (TPSA) is 44.4 Å². The van der Waals surface area contributed by atoms with Crippen LogP contribution in [0.5, 0.6) is 0 Å². The van der Waals surface area contributed by atoms with E-state index in [-0.39, 0.29) is 10.9 Å². The molecule has 4 nitrogen and oxygen atoms in total. The van der Waals surface area contributed by atoms with Gasteiger partial charge in [-0.2, -0.15) is 0 Å². The minimum Gasteiger partial charge on any atom is -0.324 e. The first kappa shape index (κ1) is 12.5. The molecule has 17 heavy (non-hydrogen) atoms. The third-order valence-corrected chi connectivity index (χ3v) is 3.72. The Morgan fingerprint density at radius 1 is 1.29 bits per heavy atom. The number of nitrogens with zero attached hydrogens (tertiary/aromatic N) is 1. The largest absolute Gasteiger partial charge is 0.324 e. The van der Waals surface area contributed by atoms with Gasteiger partial charge in [-0.1, -0.05) is 34.1 Å². The molecule has 0 saturated carbocycles. The Balaban J connectivity index is 1.90. The molecule has 1 unspecified atom stereocenters. The van der Waals surface area contributed by atoms with Gasteiger partial charge in [0.1, 0.15) is 4.95 Å². The summed E-state index contributed by atoms with van der Waals surface area (Å²) in [5.41, 5.74) is 0.831. The van der Waals surface area contributed by atoms with Crippen LogP contribution < -0.4 is 10.6 Å². The second-order valence-corrected chi connectivity index (χ2v) is 4.84. The number of rotatable bonds is 3. The Bertz CT molecular complexity index is 365. The first-order valence-corrected chi connectivity index (χ1v) is 6.64. The number of hydrogen-bond acceptors (Lipinski definition) is 3. The van der Waals surface area contributed by atoms with Crippen molar-refractivity contribution in [3.63, 3.8) is 0 Å². The van der Waals surface area contributed by atoms with Crippen LogP contribution in [0.2, 0.25) is 0 Å². The van der Waals surface area contributed by atoms with Gasteiger partial charge in [-0.05, 0) is 12.1 Å². The average Bonchev–Trinajstić information content (AvgIpc) is 2.40. The number of carbonyl (C=O) groups excluding carboxylic acids is 1. The zero-order chi connectivity index (χ0) is 12.1. The predicted molar refractivity (Wildman–Crippen MR) is 72.2 cm³/mol. The summed E-state index contributed by atoms with van der Waals surface area (Å²) in [4.78, 5) is 13.9. The normalized spacial score (nSPS) is 18.6. The molecule has 5 heteroatoms. The lowest BCUT2D eigenvalue weighted by Crippen LogP contribution is -2.50. The van der Waals surface area contributed by atoms with E-state index in [0.717, 1.165) is 31.9 Å². The Kier molecular flexibility index (Phi) is 4.53. The quantitative estimate of drug-likeness (QED) is 0.652. The van der Waals surface area contributed by atoms with Gasteiger partial charge in [0.2, 0.25) is 0 Å². The lowest BCUT2D eigenvalue weighted by atomic mass is 10.3. The van der Waals surface area contributed by atoms with Gasteiger partial charge >= 0.3 is 0 Å². The molecule has 1 aromatic rings. The van der Waals surface area contributed by atoms with Crippen molar-refractivity contribution in [2.45, 2.75) is 4.95 Å². The van der Waals surface area contributed by atoms with Crippen LogP contribution in [0.25, 0.3) is 0 Å². The molecule has 0 spiro atoms. The second-order valence-electron chi connectivity index (χ2n) is 3.98. The van der Waals surface area contributed by atoms with E-state index in [0.29, 0.717) is 0 Å². The summed E-state index contributed by atoms with van der Waals surface area (Å²) in [6.45, 7) is 3.64. The molecule has 1 aromatic carbocycles. The zero-order valence-corrected chi connectivity index (χ0v) is 11.1. The van der Waals surface area contributed by atoms with E-state index in [1.165, 1.54) is 0 Å². The molecular formula is C12H16BrN3O. The van der Waals surface area contributed by atoms with Crippen LogP contribution in [0.1, 0.15) is 0 Å². The van der Waals surface area contributed by atoms with E-state index in [2.05, 4.69) is 31.5 Å². The van der Waals surface area contributed by atoms with E-state index in [1.807, 2.05) is 30.3 Å². The fourth-order valence-electron chi connectivity index (χ4n) is 1.80. The summed E-state index contributed by atoms with van der Waals surface area (Å²) in [6.07, 6.45) is 0. The summed E-state index contributed by atoms with van der Waals surface area (Å²) in [5, 5.41) is 6.16. The number of alkyl halides is 1. The standard InChI is InChI=1S/C12H16BrN3O/c13-11(16-8-6-14-7-9-16)12(17)15-10-4-2-1-3-5-10/h1-5,11,14H,6-9H2,(H,15,17). The molecule has 0 radical (unpaired) electrons. The Morgan fingerprint density at radius 3 is 2.59 bits per heavy atom. The van der Waals surface area contributed by atoms with Crippen LogP contribution in [0.4, 0.5) is 5.69 Å². The first-order chi connectivity index (χ1) is 8.27. The first-order valence-electron chi connectivity index (χ1n) is 5.72. The van der Waals surface area contributed by atoms with Crippen molar-refractivity contribution in [3.05, 3.63) is 30.3 Å². The smallest absolute Gasteiger partial charge is 0.252 e. The van der Waals surface area contributed by atoms with Crippen molar-refractivity contribution in [1.29, 1.82) is 0 Å². The van der Waals surface area contributed by atoms with Crippen molar-refractivity contribution in [3.8, 4) is 0 Å². The lowest BCUT2D eigenvalue weighted by molar-refractivity contribution is -0.118. The van der Waals surface area contributed by atoms with Crippen molar-refractivity contribution < 1.29 is 4.79 Å². The van der Waals surface area contributed by atoms with E-state index < -0.39 is 0 Å². The lowest BCUT2D eigenvalue weighted by Gasteiger charge is -2.30. The third kappa shape index (κ3) is 3.52. The number of amides is 1. The average molecular weight is 298 g/mol. The van der Waals surface area contributed by atoms with Crippen molar-refractivity contribution in [2.24, 2.45) is 0 Å². The number of nitrogens with one attached hydrogen (secondary N) is 2. The van der Waals surface area contributed by atoms with Crippen LogP contribution >= 0.6 is 15.9 Å². The number of carbonyl (C=O) groups is 1. The third-order valence-electron chi connectivity index (χ3n) is 2.73. The minimum atomic E-state index is -0.259. The summed E-state index contributed by atoms with van der Waals surface area (Å²) in [5.74, 6) is -0.0156. The Hall–Kier alpha value is -0.910. The van der Waals surface area contributed by atoms with Crippen LogP contribution in [0.15, 0.2) is 30.3 Å². The van der Waals surface area contributed by atoms with Crippen LogP contribution in [0, 0.1) is 0 Å². The fraction of sp³-hybridized carbons (Fsp3) is 0.417. The zero-order valence-electron chi connectivity index (χ0n) is 9.53. The Labute approximate surface area is 110 Å². The highest BCUT2D eigenvalue weighted by Gasteiger charge is 2.24. The SMILES string of the molecule is O=C(Nc1ccccc1)C(Br)N1CCNCC1. The van der Waals surface area contributed by atoms with Gasteiger partial charge in [0, 0.05) is 31.9 Å². The number of piperazine rings is 1. The van der Waals surface area contributed by atoms with E-state index in [1.54, 1.807) is 0 Å². The Morgan fingerprint density at radius 2 is 1.94 bits per heavy atom. The number of hydrogen-bond donors (Lipinski definition) is 2. The van der Waals surface area contributed by atoms with Gasteiger partial charge < -0.3 is 10.6 Å². The fourth-order valence-corrected chi connectivity index (χ4v) is 2.32. The molecule has 1 saturated heterocycles. The van der Waals surface area contributed by atoms with Crippen LogP contribution in [-0.2, 0) is 4.79 Å². The predicted octanol–water partition coefficient (Wildman–Crippen LogP) is 1.25. The molecule has 0 aliphatic carbocycles. The number of para-hydroxylation sites is 1. The molecule has 1 amide bonds. The van der Waals surface area contributed by atoms with Gasteiger partial charge in [0.05, 0.1) is 0 Å².